The van der Waals surface area contributed by atoms with Crippen molar-refractivity contribution in [3.8, 4) is 0 Å². The third kappa shape index (κ3) is 3.09. The molecule has 0 spiro atoms. The zero-order valence-electron chi connectivity index (χ0n) is 11.6. The zero-order valence-corrected chi connectivity index (χ0v) is 14.8. The lowest BCUT2D eigenvalue weighted by molar-refractivity contribution is 0.0707. The lowest BCUT2D eigenvalue weighted by Crippen LogP contribution is -2.40. The number of rotatable bonds is 2. The number of nitrogens with zero attached hydrogens (tertiary/aromatic N) is 1. The molecule has 1 aromatic rings. The molecule has 0 aromatic carbocycles. The number of alkyl halides is 1. The second-order valence-corrected chi connectivity index (χ2v) is 8.41. The van der Waals surface area contributed by atoms with E-state index in [0.29, 0.717) is 6.04 Å². The fourth-order valence-corrected chi connectivity index (χ4v) is 6.00. The fourth-order valence-electron chi connectivity index (χ4n) is 3.00. The van der Waals surface area contributed by atoms with Crippen LogP contribution in [0.2, 0.25) is 0 Å². The van der Waals surface area contributed by atoms with Crippen molar-refractivity contribution >= 4 is 44.9 Å². The van der Waals surface area contributed by atoms with Crippen molar-refractivity contribution in [3.63, 3.8) is 0 Å². The Kier molecular flexibility index (Phi) is 5.10. The summed E-state index contributed by atoms with van der Waals surface area (Å²) in [4.78, 5) is 17.4. The maximum atomic E-state index is 12.8. The van der Waals surface area contributed by atoms with Crippen LogP contribution < -0.4 is 0 Å². The summed E-state index contributed by atoms with van der Waals surface area (Å²) in [6, 6.07) is 2.53. The van der Waals surface area contributed by atoms with E-state index in [1.54, 1.807) is 11.3 Å². The highest BCUT2D eigenvalue weighted by molar-refractivity contribution is 9.09. The second kappa shape index (κ2) is 6.84. The predicted molar refractivity (Wildman–Crippen MR) is 91.3 cm³/mol. The maximum Gasteiger partial charge on any atom is 0.264 e. The van der Waals surface area contributed by atoms with E-state index >= 15 is 0 Å². The molecule has 0 bridgehead atoms. The summed E-state index contributed by atoms with van der Waals surface area (Å²) in [5, 5.41) is 0.902. The van der Waals surface area contributed by atoms with Gasteiger partial charge in [0.15, 0.2) is 0 Å². The molecule has 1 unspecified atom stereocenters. The zero-order chi connectivity index (χ0) is 13.9. The highest BCUT2D eigenvalue weighted by atomic mass is 79.9. The van der Waals surface area contributed by atoms with Crippen LogP contribution in [0.25, 0.3) is 0 Å². The number of amides is 1. The second-order valence-electron chi connectivity index (χ2n) is 5.52. The van der Waals surface area contributed by atoms with Crippen molar-refractivity contribution in [3.05, 3.63) is 21.4 Å². The SMILES string of the molecule is O=C(c1cc2c(s1)CCSC2)N1CCCCCC1CBr. The third-order valence-electron chi connectivity index (χ3n) is 4.15. The molecule has 3 rings (SSSR count). The van der Waals surface area contributed by atoms with Crippen molar-refractivity contribution in [1.82, 2.24) is 4.90 Å². The Morgan fingerprint density at radius 3 is 3.10 bits per heavy atom. The lowest BCUT2D eigenvalue weighted by Gasteiger charge is -2.28. The molecule has 2 aliphatic rings. The predicted octanol–water partition coefficient (Wildman–Crippen LogP) is 4.32. The summed E-state index contributed by atoms with van der Waals surface area (Å²) < 4.78 is 0. The van der Waals surface area contributed by atoms with Crippen LogP contribution in [0.15, 0.2) is 6.07 Å². The van der Waals surface area contributed by atoms with Gasteiger partial charge in [0.2, 0.25) is 0 Å². The Balaban J connectivity index is 1.81. The van der Waals surface area contributed by atoms with Gasteiger partial charge in [0.05, 0.1) is 4.88 Å². The summed E-state index contributed by atoms with van der Waals surface area (Å²) in [7, 11) is 0. The minimum absolute atomic E-state index is 0.265. The van der Waals surface area contributed by atoms with E-state index in [0.717, 1.165) is 41.8 Å². The molecule has 1 aromatic heterocycles. The number of thioether (sulfide) groups is 1. The van der Waals surface area contributed by atoms with Crippen LogP contribution in [0.5, 0.6) is 0 Å². The third-order valence-corrected chi connectivity index (χ3v) is 7.13. The van der Waals surface area contributed by atoms with E-state index in [4.69, 9.17) is 0 Å². The van der Waals surface area contributed by atoms with Gasteiger partial charge in [0, 0.05) is 28.5 Å². The van der Waals surface area contributed by atoms with Crippen LogP contribution in [0.1, 0.15) is 45.8 Å². The highest BCUT2D eigenvalue weighted by Crippen LogP contribution is 2.33. The molecule has 2 nitrogen and oxygen atoms in total. The van der Waals surface area contributed by atoms with Crippen LogP contribution in [0.4, 0.5) is 0 Å². The highest BCUT2D eigenvalue weighted by Gasteiger charge is 2.27. The average molecular weight is 374 g/mol. The Bertz CT molecular complexity index is 465. The molecule has 0 aliphatic carbocycles. The van der Waals surface area contributed by atoms with E-state index in [1.165, 1.54) is 29.0 Å². The van der Waals surface area contributed by atoms with E-state index in [2.05, 4.69) is 26.9 Å². The van der Waals surface area contributed by atoms with Gasteiger partial charge >= 0.3 is 0 Å². The van der Waals surface area contributed by atoms with Gasteiger partial charge in [-0.25, -0.2) is 0 Å². The molecule has 0 radical (unpaired) electrons. The van der Waals surface area contributed by atoms with Crippen molar-refractivity contribution in [2.24, 2.45) is 0 Å². The number of carbonyl (C=O) groups excluding carboxylic acids is 1. The van der Waals surface area contributed by atoms with E-state index < -0.39 is 0 Å². The first-order chi connectivity index (χ1) is 9.79. The Labute approximate surface area is 137 Å². The maximum absolute atomic E-state index is 12.8. The van der Waals surface area contributed by atoms with Crippen LogP contribution in [-0.2, 0) is 12.2 Å². The molecule has 1 atom stereocenters. The van der Waals surface area contributed by atoms with Crippen LogP contribution in [0.3, 0.4) is 0 Å². The number of fused-ring (bicyclic) bond motifs is 1. The molecular weight excluding hydrogens is 354 g/mol. The summed E-state index contributed by atoms with van der Waals surface area (Å²) in [6.45, 7) is 0.923. The normalized spacial score (nSPS) is 23.2. The van der Waals surface area contributed by atoms with Gasteiger partial charge in [0.25, 0.3) is 5.91 Å². The fraction of sp³-hybridized carbons (Fsp3) is 0.667. The number of likely N-dealkylation sites (tertiary alicyclic amines) is 1. The van der Waals surface area contributed by atoms with Crippen LogP contribution >= 0.6 is 39.0 Å². The Morgan fingerprint density at radius 1 is 1.40 bits per heavy atom. The van der Waals surface area contributed by atoms with Crippen molar-refractivity contribution in [2.75, 3.05) is 17.6 Å². The molecule has 2 aliphatic heterocycles. The molecule has 110 valence electrons. The average Bonchev–Trinajstić information content (AvgIpc) is 2.77. The number of halogens is 1. The molecule has 0 saturated carbocycles. The largest absolute Gasteiger partial charge is 0.334 e. The van der Waals surface area contributed by atoms with E-state index in [-0.39, 0.29) is 5.91 Å². The molecule has 1 fully saturated rings. The van der Waals surface area contributed by atoms with Crippen LogP contribution in [0, 0.1) is 0 Å². The molecule has 20 heavy (non-hydrogen) atoms. The van der Waals surface area contributed by atoms with Crippen molar-refractivity contribution < 1.29 is 4.79 Å². The monoisotopic (exact) mass is 373 g/mol. The van der Waals surface area contributed by atoms with Gasteiger partial charge < -0.3 is 4.90 Å². The Morgan fingerprint density at radius 2 is 2.30 bits per heavy atom. The molecule has 0 N–H and O–H groups in total. The van der Waals surface area contributed by atoms with Gasteiger partial charge in [-0.1, -0.05) is 28.8 Å². The van der Waals surface area contributed by atoms with Gasteiger partial charge in [0.1, 0.15) is 0 Å². The Hall–Kier alpha value is -0.000000000000000167. The molecule has 1 amide bonds. The smallest absolute Gasteiger partial charge is 0.264 e. The van der Waals surface area contributed by atoms with Crippen molar-refractivity contribution in [2.45, 2.75) is 43.9 Å². The minimum atomic E-state index is 0.265. The first kappa shape index (κ1) is 14.9. The number of aryl methyl sites for hydroxylation is 1. The minimum Gasteiger partial charge on any atom is -0.334 e. The summed E-state index contributed by atoms with van der Waals surface area (Å²) in [5.41, 5.74) is 1.40. The first-order valence-corrected chi connectivity index (χ1v) is 10.4. The lowest BCUT2D eigenvalue weighted by atomic mass is 10.1. The van der Waals surface area contributed by atoms with Gasteiger partial charge in [-0.3, -0.25) is 4.79 Å². The quantitative estimate of drug-likeness (QED) is 0.719. The van der Waals surface area contributed by atoms with Gasteiger partial charge in [-0.2, -0.15) is 11.8 Å². The van der Waals surface area contributed by atoms with Crippen molar-refractivity contribution in [1.29, 1.82) is 0 Å². The van der Waals surface area contributed by atoms with Gasteiger partial charge in [-0.15, -0.1) is 11.3 Å². The standard InChI is InChI=1S/C15H20BrNOS2/c16-9-12-4-2-1-3-6-17(12)15(18)14-8-11-10-19-7-5-13(11)20-14/h8,12H,1-7,9-10H2. The topological polar surface area (TPSA) is 20.3 Å². The van der Waals surface area contributed by atoms with Crippen LogP contribution in [-0.4, -0.2) is 34.5 Å². The molecular formula is C15H20BrNOS2. The number of thiophene rings is 1. The summed E-state index contributed by atoms with van der Waals surface area (Å²) >= 11 is 7.31. The van der Waals surface area contributed by atoms with Gasteiger partial charge in [-0.05, 0) is 36.6 Å². The summed E-state index contributed by atoms with van der Waals surface area (Å²) in [6.07, 6.45) is 5.93. The van der Waals surface area contributed by atoms with E-state index in [1.807, 2.05) is 11.8 Å². The number of hydrogen-bond donors (Lipinski definition) is 0. The molecule has 1 saturated heterocycles. The van der Waals surface area contributed by atoms with E-state index in [9.17, 15) is 4.79 Å². The number of carbonyl (C=O) groups is 1. The molecule has 5 heteroatoms. The molecule has 3 heterocycles. The summed E-state index contributed by atoms with van der Waals surface area (Å²) in [5.74, 6) is 2.55. The first-order valence-electron chi connectivity index (χ1n) is 7.36. The number of hydrogen-bond acceptors (Lipinski definition) is 3.